The average molecular weight is 210 g/mol. The molecule has 0 spiro atoms. The quantitative estimate of drug-likeness (QED) is 0.822. The Morgan fingerprint density at radius 3 is 2.73 bits per heavy atom. The van der Waals surface area contributed by atoms with Gasteiger partial charge in [0.1, 0.15) is 5.82 Å². The molecule has 82 valence electrons. The van der Waals surface area contributed by atoms with E-state index < -0.39 is 0 Å². The Bertz CT molecular complexity index is 364. The highest BCUT2D eigenvalue weighted by Crippen LogP contribution is 2.16. The summed E-state index contributed by atoms with van der Waals surface area (Å²) in [6.45, 7) is 1.86. The van der Waals surface area contributed by atoms with Crippen molar-refractivity contribution in [3.63, 3.8) is 0 Å². The number of halogens is 1. The van der Waals surface area contributed by atoms with Crippen molar-refractivity contribution in [2.45, 2.75) is 6.92 Å². The molecule has 3 nitrogen and oxygen atoms in total. The van der Waals surface area contributed by atoms with Crippen LogP contribution in [0.2, 0.25) is 0 Å². The van der Waals surface area contributed by atoms with Crippen LogP contribution >= 0.6 is 0 Å². The number of benzene rings is 1. The lowest BCUT2D eigenvalue weighted by Crippen LogP contribution is -2.28. The van der Waals surface area contributed by atoms with Gasteiger partial charge in [0.05, 0.1) is 6.54 Å². The molecule has 1 aromatic rings. The third-order valence-electron chi connectivity index (χ3n) is 2.20. The lowest BCUT2D eigenvalue weighted by atomic mass is 10.2. The van der Waals surface area contributed by atoms with E-state index in [0.717, 1.165) is 0 Å². The van der Waals surface area contributed by atoms with E-state index in [2.05, 4.69) is 5.32 Å². The number of likely N-dealkylation sites (N-methyl/N-ethyl adjacent to an activating group) is 1. The number of nitrogens with zero attached hydrogens (tertiary/aromatic N) is 1. The van der Waals surface area contributed by atoms with Gasteiger partial charge in [0, 0.05) is 25.3 Å². The first-order valence-corrected chi connectivity index (χ1v) is 4.71. The Balaban J connectivity index is 2.66. The Morgan fingerprint density at radius 1 is 1.47 bits per heavy atom. The molecule has 1 amide bonds. The molecule has 0 radical (unpaired) electrons. The molecule has 0 aliphatic carbocycles. The molecule has 0 fully saturated rings. The summed E-state index contributed by atoms with van der Waals surface area (Å²) in [6.07, 6.45) is 0. The van der Waals surface area contributed by atoms with E-state index >= 15 is 0 Å². The third-order valence-corrected chi connectivity index (χ3v) is 2.20. The summed E-state index contributed by atoms with van der Waals surface area (Å²) in [4.78, 5) is 12.8. The molecule has 1 aromatic carbocycles. The van der Waals surface area contributed by atoms with Crippen molar-refractivity contribution in [2.24, 2.45) is 0 Å². The van der Waals surface area contributed by atoms with E-state index in [1.807, 2.05) is 0 Å². The standard InChI is InChI=1S/C11H15FN2O/c1-8-9(12)5-4-6-10(8)13-7-11(15)14(2)3/h4-6,13H,7H2,1-3H3. The van der Waals surface area contributed by atoms with Crippen LogP contribution in [0.25, 0.3) is 0 Å². The van der Waals surface area contributed by atoms with E-state index in [1.54, 1.807) is 33.2 Å². The van der Waals surface area contributed by atoms with Crippen LogP contribution in [0, 0.1) is 12.7 Å². The minimum absolute atomic E-state index is 0.0429. The van der Waals surface area contributed by atoms with Gasteiger partial charge in [0.25, 0.3) is 0 Å². The summed E-state index contributed by atoms with van der Waals surface area (Å²) >= 11 is 0. The van der Waals surface area contributed by atoms with E-state index in [0.29, 0.717) is 11.3 Å². The zero-order valence-electron chi connectivity index (χ0n) is 9.17. The summed E-state index contributed by atoms with van der Waals surface area (Å²) < 4.78 is 13.1. The lowest BCUT2D eigenvalue weighted by molar-refractivity contribution is -0.126. The predicted molar refractivity (Wildman–Crippen MR) is 58.3 cm³/mol. The Labute approximate surface area is 88.9 Å². The second-order valence-corrected chi connectivity index (χ2v) is 3.55. The molecule has 1 N–H and O–H groups in total. The average Bonchev–Trinajstić information content (AvgIpc) is 2.19. The van der Waals surface area contributed by atoms with Crippen molar-refractivity contribution in [2.75, 3.05) is 26.0 Å². The molecule has 0 aromatic heterocycles. The fraction of sp³-hybridized carbons (Fsp3) is 0.364. The van der Waals surface area contributed by atoms with Crippen molar-refractivity contribution >= 4 is 11.6 Å². The number of anilines is 1. The second-order valence-electron chi connectivity index (χ2n) is 3.55. The van der Waals surface area contributed by atoms with Gasteiger partial charge >= 0.3 is 0 Å². The molecule has 0 atom stereocenters. The van der Waals surface area contributed by atoms with Crippen LogP contribution < -0.4 is 5.32 Å². The third kappa shape index (κ3) is 2.94. The summed E-state index contributed by atoms with van der Waals surface area (Å²) in [5.41, 5.74) is 1.19. The van der Waals surface area contributed by atoms with Gasteiger partial charge in [0.2, 0.25) is 5.91 Å². The molecule has 15 heavy (non-hydrogen) atoms. The van der Waals surface area contributed by atoms with Crippen LogP contribution in [0.3, 0.4) is 0 Å². The van der Waals surface area contributed by atoms with Crippen molar-refractivity contribution in [3.8, 4) is 0 Å². The summed E-state index contributed by atoms with van der Waals surface area (Å²) in [7, 11) is 3.37. The van der Waals surface area contributed by atoms with E-state index in [9.17, 15) is 9.18 Å². The SMILES string of the molecule is Cc1c(F)cccc1NCC(=O)N(C)C. The van der Waals surface area contributed by atoms with Gasteiger partial charge in [-0.1, -0.05) is 6.07 Å². The molecular formula is C11H15FN2O. The number of hydrogen-bond acceptors (Lipinski definition) is 2. The maximum absolute atomic E-state index is 13.1. The van der Waals surface area contributed by atoms with Gasteiger partial charge in [-0.25, -0.2) is 4.39 Å². The lowest BCUT2D eigenvalue weighted by Gasteiger charge is -2.13. The number of rotatable bonds is 3. The van der Waals surface area contributed by atoms with Crippen LogP contribution in [0.15, 0.2) is 18.2 Å². The fourth-order valence-corrected chi connectivity index (χ4v) is 1.13. The maximum Gasteiger partial charge on any atom is 0.241 e. The molecule has 0 aliphatic rings. The summed E-state index contributed by atoms with van der Waals surface area (Å²) in [5.74, 6) is -0.309. The number of carbonyl (C=O) groups is 1. The Hall–Kier alpha value is -1.58. The molecule has 4 heteroatoms. The van der Waals surface area contributed by atoms with Crippen LogP contribution in [-0.2, 0) is 4.79 Å². The van der Waals surface area contributed by atoms with Gasteiger partial charge in [-0.15, -0.1) is 0 Å². The first-order chi connectivity index (χ1) is 7.02. The van der Waals surface area contributed by atoms with Gasteiger partial charge < -0.3 is 10.2 Å². The molecule has 0 bridgehead atoms. The van der Waals surface area contributed by atoms with Crippen LogP contribution in [0.5, 0.6) is 0 Å². The second kappa shape index (κ2) is 4.77. The maximum atomic E-state index is 13.1. The smallest absolute Gasteiger partial charge is 0.241 e. The van der Waals surface area contributed by atoms with Crippen LogP contribution in [0.4, 0.5) is 10.1 Å². The topological polar surface area (TPSA) is 32.3 Å². The van der Waals surface area contributed by atoms with Crippen LogP contribution in [-0.4, -0.2) is 31.4 Å². The minimum atomic E-state index is -0.266. The molecule has 0 saturated carbocycles. The highest BCUT2D eigenvalue weighted by atomic mass is 19.1. The van der Waals surface area contributed by atoms with Crippen molar-refractivity contribution in [3.05, 3.63) is 29.6 Å². The van der Waals surface area contributed by atoms with E-state index in [-0.39, 0.29) is 18.3 Å². The molecule has 1 rings (SSSR count). The molecular weight excluding hydrogens is 195 g/mol. The number of carbonyl (C=O) groups excluding carboxylic acids is 1. The van der Waals surface area contributed by atoms with Crippen molar-refractivity contribution < 1.29 is 9.18 Å². The zero-order chi connectivity index (χ0) is 11.4. The number of hydrogen-bond donors (Lipinski definition) is 1. The summed E-state index contributed by atoms with van der Waals surface area (Å²) in [6, 6.07) is 4.76. The Kier molecular flexibility index (Phi) is 3.66. The van der Waals surface area contributed by atoms with Gasteiger partial charge in [-0.05, 0) is 19.1 Å². The number of nitrogens with one attached hydrogen (secondary N) is 1. The first kappa shape index (κ1) is 11.5. The van der Waals surface area contributed by atoms with E-state index in [1.165, 1.54) is 11.0 Å². The molecule has 0 saturated heterocycles. The summed E-state index contributed by atoms with van der Waals surface area (Å²) in [5, 5.41) is 2.90. The Morgan fingerprint density at radius 2 is 2.13 bits per heavy atom. The predicted octanol–water partition coefficient (Wildman–Crippen LogP) is 1.63. The van der Waals surface area contributed by atoms with Crippen LogP contribution in [0.1, 0.15) is 5.56 Å². The largest absolute Gasteiger partial charge is 0.376 e. The normalized spacial score (nSPS) is 9.87. The highest BCUT2D eigenvalue weighted by Gasteiger charge is 2.06. The minimum Gasteiger partial charge on any atom is -0.376 e. The molecule has 0 aliphatic heterocycles. The van der Waals surface area contributed by atoms with Gasteiger partial charge in [0.15, 0.2) is 0 Å². The fourth-order valence-electron chi connectivity index (χ4n) is 1.13. The molecule has 0 unspecified atom stereocenters. The number of amides is 1. The molecule has 0 heterocycles. The van der Waals surface area contributed by atoms with Crippen molar-refractivity contribution in [1.29, 1.82) is 0 Å². The van der Waals surface area contributed by atoms with Gasteiger partial charge in [-0.2, -0.15) is 0 Å². The zero-order valence-corrected chi connectivity index (χ0v) is 9.17. The van der Waals surface area contributed by atoms with Crippen molar-refractivity contribution in [1.82, 2.24) is 4.90 Å². The monoisotopic (exact) mass is 210 g/mol. The first-order valence-electron chi connectivity index (χ1n) is 4.71. The highest BCUT2D eigenvalue weighted by molar-refractivity contribution is 5.80. The van der Waals surface area contributed by atoms with Gasteiger partial charge in [-0.3, -0.25) is 4.79 Å². The van der Waals surface area contributed by atoms with E-state index in [4.69, 9.17) is 0 Å².